The highest BCUT2D eigenvalue weighted by molar-refractivity contribution is 6.37. The van der Waals surface area contributed by atoms with E-state index < -0.39 is 5.97 Å². The maximum absolute atomic E-state index is 11.3. The number of hydrogen-bond donors (Lipinski definition) is 2. The second-order valence-electron chi connectivity index (χ2n) is 4.92. The Labute approximate surface area is 150 Å². The minimum Gasteiger partial charge on any atom is -0.497 e. The van der Waals surface area contributed by atoms with Crippen molar-refractivity contribution in [1.82, 2.24) is 0 Å². The lowest BCUT2D eigenvalue weighted by atomic mass is 10.1. The average molecular weight is 370 g/mol. The molecule has 24 heavy (non-hydrogen) atoms. The van der Waals surface area contributed by atoms with Crippen LogP contribution in [0.25, 0.3) is 0 Å². The maximum Gasteiger partial charge on any atom is 0.337 e. The summed E-state index contributed by atoms with van der Waals surface area (Å²) in [7, 11) is 1.61. The molecule has 0 aliphatic heterocycles. The normalized spacial score (nSPS) is 10.3. The van der Waals surface area contributed by atoms with E-state index in [1.54, 1.807) is 7.11 Å². The number of halogens is 2. The average Bonchev–Trinajstić information content (AvgIpc) is 2.56. The van der Waals surface area contributed by atoms with E-state index in [1.165, 1.54) is 12.1 Å². The largest absolute Gasteiger partial charge is 0.497 e. The lowest BCUT2D eigenvalue weighted by molar-refractivity contribution is 0.0698. The molecule has 2 aromatic rings. The minimum absolute atomic E-state index is 0.0450. The maximum atomic E-state index is 11.3. The summed E-state index contributed by atoms with van der Waals surface area (Å²) in [6.45, 7) is 0.991. The molecule has 2 rings (SSSR count). The van der Waals surface area contributed by atoms with E-state index in [4.69, 9.17) is 32.7 Å². The number of carbonyl (C=O) groups is 1. The Morgan fingerprint density at radius 3 is 2.46 bits per heavy atom. The quantitative estimate of drug-likeness (QED) is 0.666. The number of methoxy groups -OCH3 is 1. The summed E-state index contributed by atoms with van der Waals surface area (Å²) in [6.07, 6.45) is 0.671. The third kappa shape index (κ3) is 4.94. The molecule has 7 heteroatoms. The van der Waals surface area contributed by atoms with Crippen molar-refractivity contribution in [3.63, 3.8) is 0 Å². The molecule has 5 nitrogen and oxygen atoms in total. The van der Waals surface area contributed by atoms with Gasteiger partial charge in [0.25, 0.3) is 0 Å². The molecule has 0 fully saturated rings. The molecule has 0 aliphatic carbocycles. The third-order valence-corrected chi connectivity index (χ3v) is 3.75. The van der Waals surface area contributed by atoms with E-state index in [0.717, 1.165) is 11.5 Å². The molecule has 0 aromatic heterocycles. The molecule has 0 atom stereocenters. The minimum atomic E-state index is -1.09. The van der Waals surface area contributed by atoms with Crippen molar-refractivity contribution >= 4 is 34.9 Å². The summed E-state index contributed by atoms with van der Waals surface area (Å²) >= 11 is 11.9. The number of ether oxygens (including phenoxy) is 2. The number of aromatic carboxylic acids is 1. The van der Waals surface area contributed by atoms with Gasteiger partial charge in [-0.1, -0.05) is 23.2 Å². The highest BCUT2D eigenvalue weighted by Gasteiger charge is 2.14. The fraction of sp³-hybridized carbons (Fsp3) is 0.235. The summed E-state index contributed by atoms with van der Waals surface area (Å²) in [4.78, 5) is 11.3. The molecule has 0 spiro atoms. The summed E-state index contributed by atoms with van der Waals surface area (Å²) in [5.74, 6) is 0.422. The monoisotopic (exact) mass is 369 g/mol. The molecular formula is C17H17Cl2NO4. The van der Waals surface area contributed by atoms with Crippen LogP contribution in [-0.4, -0.2) is 31.3 Å². The summed E-state index contributed by atoms with van der Waals surface area (Å²) in [5.41, 5.74) is 0.404. The van der Waals surface area contributed by atoms with E-state index in [-0.39, 0.29) is 15.6 Å². The predicted molar refractivity (Wildman–Crippen MR) is 95.0 cm³/mol. The first-order valence-corrected chi connectivity index (χ1v) is 8.00. The molecule has 0 saturated heterocycles. The topological polar surface area (TPSA) is 67.8 Å². The van der Waals surface area contributed by atoms with Crippen molar-refractivity contribution in [3.8, 4) is 11.5 Å². The van der Waals surface area contributed by atoms with Gasteiger partial charge in [0.15, 0.2) is 0 Å². The van der Waals surface area contributed by atoms with Crippen LogP contribution in [0.2, 0.25) is 10.0 Å². The number of rotatable bonds is 8. The van der Waals surface area contributed by atoms with Crippen LogP contribution in [0, 0.1) is 0 Å². The highest BCUT2D eigenvalue weighted by Crippen LogP contribution is 2.30. The zero-order valence-electron chi connectivity index (χ0n) is 13.0. The molecule has 0 radical (unpaired) electrons. The molecule has 0 amide bonds. The molecule has 0 bridgehead atoms. The second kappa shape index (κ2) is 8.66. The number of benzene rings is 2. The molecule has 2 N–H and O–H groups in total. The van der Waals surface area contributed by atoms with E-state index in [1.807, 2.05) is 24.3 Å². The van der Waals surface area contributed by atoms with E-state index in [0.29, 0.717) is 25.3 Å². The first-order valence-electron chi connectivity index (χ1n) is 7.24. The molecule has 0 aliphatic rings. The SMILES string of the molecule is COc1ccc(OCCCNc2c(Cl)cc(Cl)cc2C(=O)O)cc1. The van der Waals surface area contributed by atoms with Gasteiger partial charge in [-0.25, -0.2) is 4.79 Å². The zero-order chi connectivity index (χ0) is 17.5. The zero-order valence-corrected chi connectivity index (χ0v) is 14.5. The van der Waals surface area contributed by atoms with Crippen molar-refractivity contribution < 1.29 is 19.4 Å². The fourth-order valence-corrected chi connectivity index (χ4v) is 2.63. The van der Waals surface area contributed by atoms with Crippen molar-refractivity contribution in [2.24, 2.45) is 0 Å². The van der Waals surface area contributed by atoms with E-state index in [2.05, 4.69) is 5.32 Å². The number of nitrogens with one attached hydrogen (secondary N) is 1. The Kier molecular flexibility index (Phi) is 6.58. The van der Waals surface area contributed by atoms with Crippen LogP contribution in [0.15, 0.2) is 36.4 Å². The van der Waals surface area contributed by atoms with Crippen LogP contribution in [-0.2, 0) is 0 Å². The van der Waals surface area contributed by atoms with Crippen molar-refractivity contribution in [2.75, 3.05) is 25.6 Å². The van der Waals surface area contributed by atoms with Crippen LogP contribution in [0.4, 0.5) is 5.69 Å². The molecule has 128 valence electrons. The van der Waals surface area contributed by atoms with Gasteiger partial charge in [0.2, 0.25) is 0 Å². The Morgan fingerprint density at radius 1 is 1.17 bits per heavy atom. The Bertz CT molecular complexity index is 704. The predicted octanol–water partition coefficient (Wildman–Crippen LogP) is 4.58. The second-order valence-corrected chi connectivity index (χ2v) is 5.76. The van der Waals surface area contributed by atoms with Gasteiger partial charge in [-0.3, -0.25) is 0 Å². The van der Waals surface area contributed by atoms with Gasteiger partial charge in [0.1, 0.15) is 11.5 Å². The van der Waals surface area contributed by atoms with Crippen molar-refractivity contribution in [3.05, 3.63) is 52.0 Å². The lowest BCUT2D eigenvalue weighted by Crippen LogP contribution is -2.11. The summed E-state index contributed by atoms with van der Waals surface area (Å²) in [5, 5.41) is 12.8. The highest BCUT2D eigenvalue weighted by atomic mass is 35.5. The van der Waals surface area contributed by atoms with Gasteiger partial charge >= 0.3 is 5.97 Å². The number of carboxylic acids is 1. The van der Waals surface area contributed by atoms with Crippen molar-refractivity contribution in [2.45, 2.75) is 6.42 Å². The summed E-state index contributed by atoms with van der Waals surface area (Å²) in [6, 6.07) is 10.2. The smallest absolute Gasteiger partial charge is 0.337 e. The van der Waals surface area contributed by atoms with Crippen LogP contribution in [0.3, 0.4) is 0 Å². The number of hydrogen-bond acceptors (Lipinski definition) is 4. The standard InChI is InChI=1S/C17H17Cl2NO4/c1-23-12-3-5-13(6-4-12)24-8-2-7-20-16-14(17(21)22)9-11(18)10-15(16)19/h3-6,9-10,20H,2,7-8H2,1H3,(H,21,22). The van der Waals surface area contributed by atoms with Crippen LogP contribution in [0.5, 0.6) is 11.5 Å². The van der Waals surface area contributed by atoms with E-state index >= 15 is 0 Å². The molecular weight excluding hydrogens is 353 g/mol. The lowest BCUT2D eigenvalue weighted by Gasteiger charge is -2.12. The molecule has 0 unspecified atom stereocenters. The molecule has 0 heterocycles. The molecule has 2 aromatic carbocycles. The summed E-state index contributed by atoms with van der Waals surface area (Å²) < 4.78 is 10.7. The third-order valence-electron chi connectivity index (χ3n) is 3.24. The number of carboxylic acid groups (broad SMARTS) is 1. The van der Waals surface area contributed by atoms with Gasteiger partial charge in [0, 0.05) is 11.6 Å². The first kappa shape index (κ1) is 18.2. The van der Waals surface area contributed by atoms with Gasteiger partial charge in [-0.2, -0.15) is 0 Å². The van der Waals surface area contributed by atoms with Gasteiger partial charge in [0.05, 0.1) is 30.0 Å². The molecule has 0 saturated carbocycles. The van der Waals surface area contributed by atoms with Crippen molar-refractivity contribution in [1.29, 1.82) is 0 Å². The van der Waals surface area contributed by atoms with Gasteiger partial charge in [-0.15, -0.1) is 0 Å². The Hall–Kier alpha value is -2.11. The Balaban J connectivity index is 1.85. The van der Waals surface area contributed by atoms with Gasteiger partial charge in [-0.05, 0) is 42.8 Å². The van der Waals surface area contributed by atoms with Crippen LogP contribution >= 0.6 is 23.2 Å². The van der Waals surface area contributed by atoms with Crippen LogP contribution in [0.1, 0.15) is 16.8 Å². The first-order chi connectivity index (χ1) is 11.5. The fourth-order valence-electron chi connectivity index (χ4n) is 2.07. The number of anilines is 1. The van der Waals surface area contributed by atoms with E-state index in [9.17, 15) is 9.90 Å². The van der Waals surface area contributed by atoms with Gasteiger partial charge < -0.3 is 19.9 Å². The van der Waals surface area contributed by atoms with Crippen LogP contribution < -0.4 is 14.8 Å². The Morgan fingerprint density at radius 2 is 1.83 bits per heavy atom.